The monoisotopic (exact) mass is 435 g/mol. The van der Waals surface area contributed by atoms with Crippen LogP contribution >= 0.6 is 32.2 Å². The number of benzene rings is 2. The van der Waals surface area contributed by atoms with E-state index in [1.807, 2.05) is 0 Å². The molecule has 28 heavy (non-hydrogen) atoms. The normalized spacial score (nSPS) is 11.1. The number of anilines is 2. The van der Waals surface area contributed by atoms with E-state index in [2.05, 4.69) is 11.1 Å². The van der Waals surface area contributed by atoms with Crippen LogP contribution in [0.5, 0.6) is 0 Å². The first-order valence-corrected chi connectivity index (χ1v) is 9.74. The number of hydrogen-bond acceptors (Lipinski definition) is 5. The number of alkyl halides is 2. The third kappa shape index (κ3) is 4.53. The highest BCUT2D eigenvalue weighted by Crippen LogP contribution is 2.37. The van der Waals surface area contributed by atoms with Gasteiger partial charge >= 0.3 is 0 Å². The van der Waals surface area contributed by atoms with Crippen molar-refractivity contribution in [2.24, 2.45) is 0 Å². The van der Waals surface area contributed by atoms with Crippen molar-refractivity contribution in [3.63, 3.8) is 0 Å². The second kappa shape index (κ2) is 8.32. The molecule has 3 aromatic rings. The molecule has 0 aliphatic carbocycles. The molecule has 0 aliphatic rings. The lowest BCUT2D eigenvalue weighted by atomic mass is 10.1. The van der Waals surface area contributed by atoms with Crippen LogP contribution in [0.2, 0.25) is 4.34 Å². The number of aromatic nitrogens is 1. The lowest BCUT2D eigenvalue weighted by Crippen LogP contribution is -2.16. The summed E-state index contributed by atoms with van der Waals surface area (Å²) in [6.45, 7) is 0.316. The molecule has 3 rings (SSSR count). The number of nitriles is 1. The van der Waals surface area contributed by atoms with Gasteiger partial charge in [-0.2, -0.15) is 14.0 Å². The summed E-state index contributed by atoms with van der Waals surface area (Å²) in [5, 5.41) is 9.47. The Bertz CT molecular complexity index is 1030. The van der Waals surface area contributed by atoms with Gasteiger partial charge in [0.05, 0.1) is 18.2 Å². The molecule has 1 heterocycles. The molecule has 9 heteroatoms. The highest BCUT2D eigenvalue weighted by molar-refractivity contribution is 7.19. The maximum absolute atomic E-state index is 13.4. The van der Waals surface area contributed by atoms with Gasteiger partial charge in [0.2, 0.25) is 0 Å². The Morgan fingerprint density at radius 2 is 1.86 bits per heavy atom. The Hall–Kier alpha value is -2.39. The summed E-state index contributed by atoms with van der Waals surface area (Å²) in [6.07, 6.45) is 0.578. The number of thiazole rings is 1. The lowest BCUT2D eigenvalue weighted by molar-refractivity contribution is 0.104. The zero-order chi connectivity index (χ0) is 20.3. The number of carbonyl (C=O) groups excluding carboxylic acids is 1. The fourth-order valence-corrected chi connectivity index (χ4v) is 3.76. The molecule has 142 valence electrons. The summed E-state index contributed by atoms with van der Waals surface area (Å²) in [5.41, 5.74) is -0.970. The van der Waals surface area contributed by atoms with Gasteiger partial charge in [0, 0.05) is 11.3 Å². The van der Waals surface area contributed by atoms with Gasteiger partial charge in [0.25, 0.3) is 5.66 Å². The number of aldehydes is 1. The van der Waals surface area contributed by atoms with E-state index in [1.54, 1.807) is 41.3 Å². The first-order chi connectivity index (χ1) is 13.3. The Morgan fingerprint density at radius 3 is 2.36 bits per heavy atom. The van der Waals surface area contributed by atoms with Gasteiger partial charge in [0.15, 0.2) is 11.4 Å². The van der Waals surface area contributed by atoms with Crippen LogP contribution in [0.1, 0.15) is 27.2 Å². The van der Waals surface area contributed by atoms with Crippen LogP contribution in [0, 0.1) is 11.3 Å². The third-order valence-electron chi connectivity index (χ3n) is 3.93. The summed E-state index contributed by atoms with van der Waals surface area (Å²) in [6, 6.07) is 14.8. The average molecular weight is 436 g/mol. The quantitative estimate of drug-likeness (QED) is 0.366. The van der Waals surface area contributed by atoms with Gasteiger partial charge in [-0.15, -0.1) is 0 Å². The molecule has 0 radical (unpaired) electrons. The van der Waals surface area contributed by atoms with Crippen molar-refractivity contribution in [1.29, 1.82) is 5.26 Å². The fraction of sp³-hybridized carbons (Fsp3) is 0.105. The van der Waals surface area contributed by atoms with E-state index in [4.69, 9.17) is 16.9 Å². The van der Waals surface area contributed by atoms with E-state index in [1.165, 1.54) is 21.4 Å². The van der Waals surface area contributed by atoms with Gasteiger partial charge in [-0.05, 0) is 29.8 Å². The fourth-order valence-electron chi connectivity index (χ4n) is 2.49. The highest BCUT2D eigenvalue weighted by Gasteiger charge is 2.24. The molecule has 0 N–H and O–H groups in total. The van der Waals surface area contributed by atoms with Gasteiger partial charge in [0.1, 0.15) is 10.0 Å². The maximum atomic E-state index is 13.4. The van der Waals surface area contributed by atoms with Crippen molar-refractivity contribution in [3.8, 4) is 6.07 Å². The van der Waals surface area contributed by atoms with Gasteiger partial charge in [-0.25, -0.2) is 4.98 Å². The third-order valence-corrected chi connectivity index (χ3v) is 5.57. The van der Waals surface area contributed by atoms with E-state index >= 15 is 0 Å². The van der Waals surface area contributed by atoms with Crippen molar-refractivity contribution in [3.05, 3.63) is 75.3 Å². The Balaban J connectivity index is 1.98. The van der Waals surface area contributed by atoms with Crippen LogP contribution in [0.15, 0.2) is 48.5 Å². The molecule has 4 nitrogen and oxygen atoms in total. The largest absolute Gasteiger partial charge is 0.313 e. The van der Waals surface area contributed by atoms with E-state index in [-0.39, 0.29) is 15.6 Å². The van der Waals surface area contributed by atoms with Gasteiger partial charge in [-0.1, -0.05) is 56.4 Å². The van der Waals surface area contributed by atoms with Crippen molar-refractivity contribution < 1.29 is 13.6 Å². The van der Waals surface area contributed by atoms with E-state index in [0.29, 0.717) is 23.5 Å². The van der Waals surface area contributed by atoms with Crippen LogP contribution < -0.4 is 4.90 Å². The predicted molar refractivity (Wildman–Crippen MR) is 110 cm³/mol. The first kappa shape index (κ1) is 20.3. The lowest BCUT2D eigenvalue weighted by Gasteiger charge is -2.22. The standard InChI is InChI=1S/C19H13ClF2N3OPS/c20-17-16(11-26)24-18(28-17)25(15-7-3-12(9-23)4-8-15)10-13-1-5-14(6-2-13)19(21,22)27/h1-8,11H,10,27H2. The molecule has 0 aliphatic heterocycles. The SMILES string of the molecule is N#Cc1ccc(N(Cc2ccc(C(F)(F)P)cc2)c2nc(C=O)c(Cl)s2)cc1. The molecule has 0 amide bonds. The molecule has 1 atom stereocenters. The van der Waals surface area contributed by atoms with Crippen molar-refractivity contribution in [2.45, 2.75) is 12.2 Å². The number of halogens is 3. The van der Waals surface area contributed by atoms with Crippen LogP contribution in [0.3, 0.4) is 0 Å². The van der Waals surface area contributed by atoms with E-state index in [9.17, 15) is 13.6 Å². The van der Waals surface area contributed by atoms with Gasteiger partial charge in [-0.3, -0.25) is 4.79 Å². The second-order valence-electron chi connectivity index (χ2n) is 5.84. The molecule has 1 aromatic heterocycles. The Labute approximate surface area is 171 Å². The van der Waals surface area contributed by atoms with Crippen molar-refractivity contribution >= 4 is 49.3 Å². The van der Waals surface area contributed by atoms with Crippen LogP contribution in [0.25, 0.3) is 0 Å². The molecular weight excluding hydrogens is 423 g/mol. The second-order valence-corrected chi connectivity index (χ2v) is 8.14. The minimum absolute atomic E-state index is 0.105. The molecule has 0 saturated carbocycles. The maximum Gasteiger partial charge on any atom is 0.283 e. The first-order valence-electron chi connectivity index (χ1n) is 7.97. The summed E-state index contributed by atoms with van der Waals surface area (Å²) >= 11 is 7.21. The molecule has 2 aromatic carbocycles. The van der Waals surface area contributed by atoms with Crippen LogP contribution in [-0.4, -0.2) is 11.3 Å². The number of carbonyl (C=O) groups is 1. The highest BCUT2D eigenvalue weighted by atomic mass is 35.5. The molecule has 0 bridgehead atoms. The summed E-state index contributed by atoms with van der Waals surface area (Å²) in [7, 11) is 1.51. The van der Waals surface area contributed by atoms with Crippen molar-refractivity contribution in [1.82, 2.24) is 4.98 Å². The molecular formula is C19H13ClF2N3OPS. The zero-order valence-electron chi connectivity index (χ0n) is 14.3. The predicted octanol–water partition coefficient (Wildman–Crippen LogP) is 5.74. The molecule has 0 fully saturated rings. The topological polar surface area (TPSA) is 57.0 Å². The molecule has 0 saturated heterocycles. The Kier molecular flexibility index (Phi) is 6.04. The molecule has 1 unspecified atom stereocenters. The smallest absolute Gasteiger partial charge is 0.283 e. The van der Waals surface area contributed by atoms with Crippen LogP contribution in [0.4, 0.5) is 19.6 Å². The number of nitrogens with zero attached hydrogens (tertiary/aromatic N) is 3. The van der Waals surface area contributed by atoms with Crippen molar-refractivity contribution in [2.75, 3.05) is 4.90 Å². The Morgan fingerprint density at radius 1 is 1.21 bits per heavy atom. The summed E-state index contributed by atoms with van der Waals surface area (Å²) in [5.74, 6) is 0. The van der Waals surface area contributed by atoms with E-state index in [0.717, 1.165) is 22.6 Å². The minimum atomic E-state index is -2.99. The van der Waals surface area contributed by atoms with Crippen LogP contribution in [-0.2, 0) is 12.2 Å². The average Bonchev–Trinajstić information content (AvgIpc) is 3.06. The molecule has 0 spiro atoms. The number of rotatable bonds is 6. The van der Waals surface area contributed by atoms with Gasteiger partial charge < -0.3 is 4.90 Å². The number of hydrogen-bond donors (Lipinski definition) is 0. The van der Waals surface area contributed by atoms with E-state index < -0.39 is 5.66 Å². The zero-order valence-corrected chi connectivity index (χ0v) is 17.0. The summed E-state index contributed by atoms with van der Waals surface area (Å²) in [4.78, 5) is 17.2. The minimum Gasteiger partial charge on any atom is -0.313 e. The summed E-state index contributed by atoms with van der Waals surface area (Å²) < 4.78 is 27.1.